The molecule has 0 aromatic carbocycles. The largest absolute Gasteiger partial charge is 0.383 e. The third-order valence-corrected chi connectivity index (χ3v) is 5.08. The predicted molar refractivity (Wildman–Crippen MR) is 89.3 cm³/mol. The lowest BCUT2D eigenvalue weighted by molar-refractivity contribution is -0.155. The summed E-state index contributed by atoms with van der Waals surface area (Å²) in [5.74, 6) is -3.03. The second kappa shape index (κ2) is 6.96. The number of rotatable bonds is 5. The van der Waals surface area contributed by atoms with Gasteiger partial charge in [-0.25, -0.2) is 8.78 Å². The van der Waals surface area contributed by atoms with Crippen molar-refractivity contribution in [3.05, 3.63) is 29.6 Å². The number of amides is 1. The van der Waals surface area contributed by atoms with Crippen LogP contribution in [0.3, 0.4) is 0 Å². The number of nitrogens with zero attached hydrogens (tertiary/aromatic N) is 3. The number of hydrogen-bond donors (Lipinski definition) is 0. The number of ether oxygens (including phenoxy) is 1. The van der Waals surface area contributed by atoms with Crippen molar-refractivity contribution in [2.45, 2.75) is 32.2 Å². The van der Waals surface area contributed by atoms with Crippen molar-refractivity contribution in [1.82, 2.24) is 14.8 Å². The number of aromatic nitrogens is 1. The fourth-order valence-electron chi connectivity index (χ4n) is 4.06. The summed E-state index contributed by atoms with van der Waals surface area (Å²) in [5, 5.41) is 0. The van der Waals surface area contributed by atoms with Gasteiger partial charge in [0.2, 0.25) is 5.91 Å². The molecule has 3 rings (SSSR count). The highest BCUT2D eigenvalue weighted by Gasteiger charge is 2.56. The number of carbonyl (C=O) groups is 1. The van der Waals surface area contributed by atoms with E-state index >= 15 is 0 Å². The van der Waals surface area contributed by atoms with Crippen LogP contribution >= 0.6 is 0 Å². The number of alkyl halides is 2. The highest BCUT2D eigenvalue weighted by molar-refractivity contribution is 5.85. The minimum absolute atomic E-state index is 0.161. The van der Waals surface area contributed by atoms with Crippen LogP contribution in [0.1, 0.15) is 24.2 Å². The zero-order valence-electron chi connectivity index (χ0n) is 14.8. The molecule has 0 aliphatic carbocycles. The minimum Gasteiger partial charge on any atom is -0.383 e. The van der Waals surface area contributed by atoms with Crippen molar-refractivity contribution in [3.63, 3.8) is 0 Å². The lowest BCUT2D eigenvalue weighted by Crippen LogP contribution is -2.55. The monoisotopic (exact) mass is 353 g/mol. The molecule has 1 amide bonds. The second-order valence-corrected chi connectivity index (χ2v) is 7.26. The normalized spacial score (nSPS) is 26.6. The van der Waals surface area contributed by atoms with Crippen LogP contribution in [0.5, 0.6) is 0 Å². The summed E-state index contributed by atoms with van der Waals surface area (Å²) >= 11 is 0. The molecule has 1 spiro atoms. The predicted octanol–water partition coefficient (Wildman–Crippen LogP) is 2.10. The Kier molecular flexibility index (Phi) is 5.06. The van der Waals surface area contributed by atoms with E-state index in [0.29, 0.717) is 39.2 Å². The molecule has 7 heteroatoms. The molecule has 25 heavy (non-hydrogen) atoms. The Morgan fingerprint density at radius 3 is 2.84 bits per heavy atom. The number of piperidine rings is 1. The number of likely N-dealkylation sites (tertiary alicyclic amines) is 2. The average molecular weight is 353 g/mol. The molecule has 0 N–H and O–H groups in total. The zero-order chi connectivity index (χ0) is 18.1. The van der Waals surface area contributed by atoms with Gasteiger partial charge in [-0.2, -0.15) is 0 Å². The van der Waals surface area contributed by atoms with Gasteiger partial charge in [-0.1, -0.05) is 6.07 Å². The molecule has 0 radical (unpaired) electrons. The molecule has 5 nitrogen and oxygen atoms in total. The summed E-state index contributed by atoms with van der Waals surface area (Å²) in [4.78, 5) is 20.6. The van der Waals surface area contributed by atoms with E-state index in [-0.39, 0.29) is 18.9 Å². The van der Waals surface area contributed by atoms with Crippen LogP contribution in [0.4, 0.5) is 8.78 Å². The first-order valence-corrected chi connectivity index (χ1v) is 8.65. The van der Waals surface area contributed by atoms with E-state index in [1.54, 1.807) is 16.9 Å². The molecule has 0 bridgehead atoms. The maximum Gasteiger partial charge on any atom is 0.261 e. The van der Waals surface area contributed by atoms with Crippen LogP contribution < -0.4 is 0 Å². The van der Waals surface area contributed by atoms with E-state index in [9.17, 15) is 13.6 Å². The smallest absolute Gasteiger partial charge is 0.261 e. The Morgan fingerprint density at radius 2 is 2.12 bits per heavy atom. The van der Waals surface area contributed by atoms with Gasteiger partial charge in [-0.05, 0) is 25.5 Å². The van der Waals surface area contributed by atoms with Crippen LogP contribution in [0, 0.1) is 12.3 Å². The van der Waals surface area contributed by atoms with Crippen molar-refractivity contribution in [3.8, 4) is 0 Å². The third-order valence-electron chi connectivity index (χ3n) is 5.08. The number of pyridine rings is 1. The summed E-state index contributed by atoms with van der Waals surface area (Å²) < 4.78 is 33.9. The number of hydrogen-bond acceptors (Lipinski definition) is 4. The Balaban J connectivity index is 1.76. The zero-order valence-corrected chi connectivity index (χ0v) is 14.8. The summed E-state index contributed by atoms with van der Waals surface area (Å²) in [6, 6.07) is 5.60. The van der Waals surface area contributed by atoms with Crippen LogP contribution in [-0.4, -0.2) is 66.5 Å². The summed E-state index contributed by atoms with van der Waals surface area (Å²) in [7, 11) is 1.57. The van der Waals surface area contributed by atoms with E-state index in [1.807, 2.05) is 25.1 Å². The van der Waals surface area contributed by atoms with Crippen molar-refractivity contribution in [2.24, 2.45) is 5.41 Å². The minimum atomic E-state index is -2.87. The fraction of sp³-hybridized carbons (Fsp3) is 0.667. The van der Waals surface area contributed by atoms with E-state index in [0.717, 1.165) is 11.4 Å². The Hall–Kier alpha value is -1.60. The molecule has 1 aromatic rings. The van der Waals surface area contributed by atoms with Gasteiger partial charge in [0, 0.05) is 45.4 Å². The molecule has 1 aromatic heterocycles. The second-order valence-electron chi connectivity index (χ2n) is 7.26. The standard InChI is InChI=1S/C18H25F2N3O2/c1-14-4-3-5-15(21-14)10-22-12-17(11-18(19,20)13-22)6-7-23(16(17)24)8-9-25-2/h3-5H,6-13H2,1-2H3/t17-/m1/s1. The molecule has 138 valence electrons. The summed E-state index contributed by atoms with van der Waals surface area (Å²) in [5.41, 5.74) is 0.632. The highest BCUT2D eigenvalue weighted by atomic mass is 19.3. The molecule has 2 fully saturated rings. The molecular formula is C18H25F2N3O2. The lowest BCUT2D eigenvalue weighted by atomic mass is 9.77. The Morgan fingerprint density at radius 1 is 1.32 bits per heavy atom. The number of halogens is 2. The Bertz CT molecular complexity index is 641. The van der Waals surface area contributed by atoms with Crippen molar-refractivity contribution in [1.29, 1.82) is 0 Å². The van der Waals surface area contributed by atoms with E-state index in [1.165, 1.54) is 0 Å². The molecule has 0 saturated carbocycles. The Labute approximate surface area is 147 Å². The van der Waals surface area contributed by atoms with Gasteiger partial charge in [0.05, 0.1) is 24.3 Å². The van der Waals surface area contributed by atoms with Crippen LogP contribution in [0.25, 0.3) is 0 Å². The lowest BCUT2D eigenvalue weighted by Gasteiger charge is -2.42. The van der Waals surface area contributed by atoms with E-state index in [4.69, 9.17) is 4.74 Å². The van der Waals surface area contributed by atoms with Crippen molar-refractivity contribution >= 4 is 5.91 Å². The maximum absolute atomic E-state index is 14.4. The van der Waals surface area contributed by atoms with E-state index in [2.05, 4.69) is 4.98 Å². The van der Waals surface area contributed by atoms with Gasteiger partial charge in [0.25, 0.3) is 5.92 Å². The topological polar surface area (TPSA) is 45.7 Å². The van der Waals surface area contributed by atoms with Gasteiger partial charge in [-0.15, -0.1) is 0 Å². The first kappa shape index (κ1) is 18.2. The van der Waals surface area contributed by atoms with Crippen LogP contribution in [0.2, 0.25) is 0 Å². The van der Waals surface area contributed by atoms with Gasteiger partial charge in [0.15, 0.2) is 0 Å². The number of carbonyl (C=O) groups excluding carboxylic acids is 1. The van der Waals surface area contributed by atoms with Gasteiger partial charge in [0.1, 0.15) is 0 Å². The van der Waals surface area contributed by atoms with Gasteiger partial charge < -0.3 is 9.64 Å². The SMILES string of the molecule is COCCN1CC[C@@]2(CN(Cc3cccc(C)n3)CC(F)(F)C2)C1=O. The van der Waals surface area contributed by atoms with Crippen LogP contribution in [0.15, 0.2) is 18.2 Å². The molecular weight excluding hydrogens is 328 g/mol. The first-order valence-electron chi connectivity index (χ1n) is 8.65. The number of aryl methyl sites for hydroxylation is 1. The van der Waals surface area contributed by atoms with Gasteiger partial charge in [-0.3, -0.25) is 14.7 Å². The quantitative estimate of drug-likeness (QED) is 0.813. The highest BCUT2D eigenvalue weighted by Crippen LogP contribution is 2.45. The fourth-order valence-corrected chi connectivity index (χ4v) is 4.06. The summed E-state index contributed by atoms with van der Waals surface area (Å²) in [6.45, 7) is 3.66. The van der Waals surface area contributed by atoms with E-state index < -0.39 is 11.3 Å². The van der Waals surface area contributed by atoms with Crippen molar-refractivity contribution in [2.75, 3.05) is 39.9 Å². The molecule has 2 saturated heterocycles. The van der Waals surface area contributed by atoms with Crippen molar-refractivity contribution < 1.29 is 18.3 Å². The number of methoxy groups -OCH3 is 1. The molecule has 2 aliphatic heterocycles. The summed E-state index contributed by atoms with van der Waals surface area (Å²) in [6.07, 6.45) is 0.114. The van der Waals surface area contributed by atoms with Crippen LogP contribution in [-0.2, 0) is 16.1 Å². The van der Waals surface area contributed by atoms with Gasteiger partial charge >= 0.3 is 0 Å². The average Bonchev–Trinajstić information content (AvgIpc) is 2.79. The molecule has 1 atom stereocenters. The molecule has 3 heterocycles. The molecule has 2 aliphatic rings. The maximum atomic E-state index is 14.4. The third kappa shape index (κ3) is 3.98. The first-order chi connectivity index (χ1) is 11.8. The molecule has 0 unspecified atom stereocenters.